The van der Waals surface area contributed by atoms with Gasteiger partial charge >= 0.3 is 0 Å². The van der Waals surface area contributed by atoms with Crippen molar-refractivity contribution < 1.29 is 9.47 Å². The van der Waals surface area contributed by atoms with Gasteiger partial charge in [0.15, 0.2) is 6.79 Å². The standard InChI is InChI=1S/C13H20O2/c1-10-6-7-12(15-9-14-5)11(8-10)13(2,3)4/h6-8H,9H2,1-5H3. The number of rotatable bonds is 3. The summed E-state index contributed by atoms with van der Waals surface area (Å²) < 4.78 is 10.5. The Labute approximate surface area is 92.2 Å². The van der Waals surface area contributed by atoms with Crippen molar-refractivity contribution in [1.29, 1.82) is 0 Å². The Bertz CT molecular complexity index is 324. The lowest BCUT2D eigenvalue weighted by Crippen LogP contribution is -2.14. The van der Waals surface area contributed by atoms with Crippen LogP contribution in [-0.2, 0) is 10.2 Å². The molecule has 0 radical (unpaired) electrons. The van der Waals surface area contributed by atoms with E-state index in [0.29, 0.717) is 6.79 Å². The molecule has 1 aromatic rings. The number of ether oxygens (including phenoxy) is 2. The van der Waals surface area contributed by atoms with Gasteiger partial charge in [-0.15, -0.1) is 0 Å². The summed E-state index contributed by atoms with van der Waals surface area (Å²) in [4.78, 5) is 0. The minimum Gasteiger partial charge on any atom is -0.467 e. The smallest absolute Gasteiger partial charge is 0.188 e. The third-order valence-corrected chi connectivity index (χ3v) is 2.28. The van der Waals surface area contributed by atoms with E-state index in [1.165, 1.54) is 11.1 Å². The fraction of sp³-hybridized carbons (Fsp3) is 0.538. The summed E-state index contributed by atoms with van der Waals surface area (Å²) >= 11 is 0. The number of benzene rings is 1. The van der Waals surface area contributed by atoms with E-state index in [2.05, 4.69) is 39.8 Å². The van der Waals surface area contributed by atoms with Gasteiger partial charge in [-0.2, -0.15) is 0 Å². The summed E-state index contributed by atoms with van der Waals surface area (Å²) in [7, 11) is 1.63. The lowest BCUT2D eigenvalue weighted by atomic mass is 9.85. The van der Waals surface area contributed by atoms with E-state index in [1.54, 1.807) is 7.11 Å². The molecule has 0 heterocycles. The van der Waals surface area contributed by atoms with E-state index in [0.717, 1.165) is 5.75 Å². The second-order valence-corrected chi connectivity index (χ2v) is 4.80. The minimum absolute atomic E-state index is 0.0924. The average molecular weight is 208 g/mol. The Morgan fingerprint density at radius 3 is 2.40 bits per heavy atom. The summed E-state index contributed by atoms with van der Waals surface area (Å²) in [5.74, 6) is 0.912. The summed E-state index contributed by atoms with van der Waals surface area (Å²) in [5.41, 5.74) is 2.57. The summed E-state index contributed by atoms with van der Waals surface area (Å²) in [6, 6.07) is 6.24. The van der Waals surface area contributed by atoms with Crippen molar-refractivity contribution in [2.45, 2.75) is 33.1 Å². The van der Waals surface area contributed by atoms with Crippen molar-refractivity contribution in [2.75, 3.05) is 13.9 Å². The quantitative estimate of drug-likeness (QED) is 0.710. The van der Waals surface area contributed by atoms with Crippen molar-refractivity contribution >= 4 is 0 Å². The third-order valence-electron chi connectivity index (χ3n) is 2.28. The van der Waals surface area contributed by atoms with Gasteiger partial charge in [0.2, 0.25) is 0 Å². The molecule has 0 aliphatic rings. The fourth-order valence-electron chi connectivity index (χ4n) is 1.48. The first-order valence-electron chi connectivity index (χ1n) is 5.18. The molecule has 0 amide bonds. The van der Waals surface area contributed by atoms with Crippen molar-refractivity contribution in [2.24, 2.45) is 0 Å². The van der Waals surface area contributed by atoms with Crippen molar-refractivity contribution in [3.8, 4) is 5.75 Å². The van der Waals surface area contributed by atoms with Crippen molar-refractivity contribution in [1.82, 2.24) is 0 Å². The molecule has 0 aliphatic heterocycles. The van der Waals surface area contributed by atoms with Crippen LogP contribution in [0.3, 0.4) is 0 Å². The highest BCUT2D eigenvalue weighted by Gasteiger charge is 2.18. The molecule has 15 heavy (non-hydrogen) atoms. The second kappa shape index (κ2) is 4.67. The zero-order chi connectivity index (χ0) is 11.5. The summed E-state index contributed by atoms with van der Waals surface area (Å²) in [5, 5.41) is 0. The Morgan fingerprint density at radius 2 is 1.87 bits per heavy atom. The lowest BCUT2D eigenvalue weighted by molar-refractivity contribution is 0.0498. The van der Waals surface area contributed by atoms with Gasteiger partial charge in [0.1, 0.15) is 5.75 Å². The van der Waals surface area contributed by atoms with Gasteiger partial charge in [-0.3, -0.25) is 0 Å². The molecule has 0 saturated carbocycles. The molecule has 84 valence electrons. The highest BCUT2D eigenvalue weighted by atomic mass is 16.7. The van der Waals surface area contributed by atoms with Gasteiger partial charge in [-0.25, -0.2) is 0 Å². The van der Waals surface area contributed by atoms with Crippen LogP contribution < -0.4 is 4.74 Å². The lowest BCUT2D eigenvalue weighted by Gasteiger charge is -2.23. The monoisotopic (exact) mass is 208 g/mol. The first kappa shape index (κ1) is 12.1. The molecular formula is C13H20O2. The van der Waals surface area contributed by atoms with Gasteiger partial charge < -0.3 is 9.47 Å². The van der Waals surface area contributed by atoms with Gasteiger partial charge in [-0.05, 0) is 24.0 Å². The van der Waals surface area contributed by atoms with Crippen LogP contribution in [0.15, 0.2) is 18.2 Å². The Balaban J connectivity index is 3.04. The van der Waals surface area contributed by atoms with Crippen LogP contribution in [-0.4, -0.2) is 13.9 Å². The van der Waals surface area contributed by atoms with Crippen LogP contribution in [0.5, 0.6) is 5.75 Å². The SMILES string of the molecule is COCOc1ccc(C)cc1C(C)(C)C. The van der Waals surface area contributed by atoms with Crippen LogP contribution in [0.1, 0.15) is 31.9 Å². The Kier molecular flexibility index (Phi) is 3.75. The predicted octanol–water partition coefficient (Wildman–Crippen LogP) is 3.28. The van der Waals surface area contributed by atoms with Gasteiger partial charge in [0, 0.05) is 7.11 Å². The maximum Gasteiger partial charge on any atom is 0.188 e. The predicted molar refractivity (Wildman–Crippen MR) is 62.4 cm³/mol. The third kappa shape index (κ3) is 3.24. The molecule has 2 heteroatoms. The topological polar surface area (TPSA) is 18.5 Å². The van der Waals surface area contributed by atoms with E-state index in [1.807, 2.05) is 6.07 Å². The normalized spacial score (nSPS) is 11.5. The number of hydrogen-bond acceptors (Lipinski definition) is 2. The van der Waals surface area contributed by atoms with E-state index in [4.69, 9.17) is 9.47 Å². The number of aryl methyl sites for hydroxylation is 1. The molecule has 0 saturated heterocycles. The average Bonchev–Trinajstić information content (AvgIpc) is 2.14. The first-order chi connectivity index (χ1) is 6.95. The molecule has 0 atom stereocenters. The number of methoxy groups -OCH3 is 1. The zero-order valence-electron chi connectivity index (χ0n) is 10.3. The van der Waals surface area contributed by atoms with Gasteiger partial charge in [-0.1, -0.05) is 38.5 Å². The fourth-order valence-corrected chi connectivity index (χ4v) is 1.48. The molecule has 0 aliphatic carbocycles. The van der Waals surface area contributed by atoms with Gasteiger partial charge in [0.25, 0.3) is 0 Å². The molecule has 1 rings (SSSR count). The summed E-state index contributed by atoms with van der Waals surface area (Å²) in [6.07, 6.45) is 0. The molecule has 1 aromatic carbocycles. The van der Waals surface area contributed by atoms with Crippen LogP contribution in [0.25, 0.3) is 0 Å². The highest BCUT2D eigenvalue weighted by molar-refractivity contribution is 5.41. The van der Waals surface area contributed by atoms with E-state index < -0.39 is 0 Å². The molecule has 0 aromatic heterocycles. The van der Waals surface area contributed by atoms with Crippen LogP contribution >= 0.6 is 0 Å². The van der Waals surface area contributed by atoms with Gasteiger partial charge in [0.05, 0.1) is 0 Å². The first-order valence-corrected chi connectivity index (χ1v) is 5.18. The van der Waals surface area contributed by atoms with Crippen LogP contribution in [0.2, 0.25) is 0 Å². The molecule has 0 unspecified atom stereocenters. The molecule has 0 fully saturated rings. The van der Waals surface area contributed by atoms with Crippen LogP contribution in [0.4, 0.5) is 0 Å². The Hall–Kier alpha value is -1.02. The number of hydrogen-bond donors (Lipinski definition) is 0. The molecule has 0 bridgehead atoms. The van der Waals surface area contributed by atoms with E-state index >= 15 is 0 Å². The largest absolute Gasteiger partial charge is 0.467 e. The molecule has 0 spiro atoms. The molecule has 0 N–H and O–H groups in total. The van der Waals surface area contributed by atoms with Crippen molar-refractivity contribution in [3.63, 3.8) is 0 Å². The second-order valence-electron chi connectivity index (χ2n) is 4.80. The van der Waals surface area contributed by atoms with Crippen LogP contribution in [0, 0.1) is 6.92 Å². The highest BCUT2D eigenvalue weighted by Crippen LogP contribution is 2.31. The van der Waals surface area contributed by atoms with Crippen molar-refractivity contribution in [3.05, 3.63) is 29.3 Å². The molecular weight excluding hydrogens is 188 g/mol. The zero-order valence-corrected chi connectivity index (χ0v) is 10.3. The van der Waals surface area contributed by atoms with E-state index in [-0.39, 0.29) is 5.41 Å². The molecule has 2 nitrogen and oxygen atoms in total. The maximum absolute atomic E-state index is 5.55. The maximum atomic E-state index is 5.55. The minimum atomic E-state index is 0.0924. The Morgan fingerprint density at radius 1 is 1.20 bits per heavy atom. The van der Waals surface area contributed by atoms with E-state index in [9.17, 15) is 0 Å². The summed E-state index contributed by atoms with van der Waals surface area (Å²) in [6.45, 7) is 8.94.